The van der Waals surface area contributed by atoms with E-state index in [-0.39, 0.29) is 0 Å². The molecule has 0 saturated carbocycles. The Morgan fingerprint density at radius 2 is 2.25 bits per heavy atom. The van der Waals surface area contributed by atoms with E-state index < -0.39 is 0 Å². The zero-order chi connectivity index (χ0) is 13.8. The Labute approximate surface area is 118 Å². The summed E-state index contributed by atoms with van der Waals surface area (Å²) in [4.78, 5) is 4.19. The van der Waals surface area contributed by atoms with Crippen molar-refractivity contribution in [3.63, 3.8) is 0 Å². The molecule has 0 saturated heterocycles. The molecule has 2 aromatic rings. The van der Waals surface area contributed by atoms with Crippen molar-refractivity contribution >= 4 is 0 Å². The van der Waals surface area contributed by atoms with Crippen LogP contribution >= 0.6 is 0 Å². The molecule has 0 aromatic carbocycles. The minimum absolute atomic E-state index is 0.670. The molecule has 6 nitrogen and oxygen atoms in total. The molecular weight excluding hydrogens is 254 g/mol. The number of rotatable bonds is 5. The van der Waals surface area contributed by atoms with Gasteiger partial charge in [0, 0.05) is 31.3 Å². The predicted octanol–water partition coefficient (Wildman–Crippen LogP) is 1.31. The first-order chi connectivity index (χ1) is 9.88. The van der Waals surface area contributed by atoms with Gasteiger partial charge in [-0.25, -0.2) is 4.98 Å². The molecule has 0 bridgehead atoms. The Kier molecular flexibility index (Phi) is 3.92. The van der Waals surface area contributed by atoms with Gasteiger partial charge in [0.25, 0.3) is 0 Å². The number of methoxy groups -OCH3 is 1. The highest BCUT2D eigenvalue weighted by atomic mass is 16.5. The Hall–Kier alpha value is -1.95. The van der Waals surface area contributed by atoms with E-state index in [1.54, 1.807) is 13.3 Å². The van der Waals surface area contributed by atoms with Gasteiger partial charge in [-0.3, -0.25) is 0 Å². The van der Waals surface area contributed by atoms with Crippen LogP contribution in [-0.2, 0) is 26.1 Å². The number of nitrogens with zero attached hydrogens (tertiary/aromatic N) is 4. The summed E-state index contributed by atoms with van der Waals surface area (Å²) in [6.07, 6.45) is 5.22. The molecule has 1 aliphatic heterocycles. The number of ether oxygens (including phenoxy) is 1. The van der Waals surface area contributed by atoms with Gasteiger partial charge in [-0.2, -0.15) is 0 Å². The van der Waals surface area contributed by atoms with Crippen molar-refractivity contribution in [3.8, 4) is 5.88 Å². The van der Waals surface area contributed by atoms with E-state index in [0.29, 0.717) is 19.0 Å². The van der Waals surface area contributed by atoms with E-state index in [0.717, 1.165) is 30.2 Å². The van der Waals surface area contributed by atoms with Crippen LogP contribution < -0.4 is 10.1 Å². The maximum Gasteiger partial charge on any atom is 0.217 e. The minimum Gasteiger partial charge on any atom is -0.481 e. The normalized spacial score (nSPS) is 14.1. The third kappa shape index (κ3) is 2.65. The molecule has 0 spiro atoms. The number of hydrogen-bond acceptors (Lipinski definition) is 5. The molecule has 0 atom stereocenters. The Morgan fingerprint density at radius 3 is 3.15 bits per heavy atom. The van der Waals surface area contributed by atoms with E-state index in [9.17, 15) is 0 Å². The van der Waals surface area contributed by atoms with E-state index in [2.05, 4.69) is 25.1 Å². The van der Waals surface area contributed by atoms with Gasteiger partial charge >= 0.3 is 0 Å². The summed E-state index contributed by atoms with van der Waals surface area (Å²) in [6, 6.07) is 3.93. The highest BCUT2D eigenvalue weighted by Gasteiger charge is 2.15. The monoisotopic (exact) mass is 273 g/mol. The maximum absolute atomic E-state index is 5.24. The van der Waals surface area contributed by atoms with Gasteiger partial charge in [0.2, 0.25) is 5.88 Å². The third-order valence-corrected chi connectivity index (χ3v) is 3.58. The molecule has 1 aliphatic rings. The fourth-order valence-corrected chi connectivity index (χ4v) is 2.55. The molecule has 0 unspecified atom stereocenters. The first-order valence-electron chi connectivity index (χ1n) is 6.98. The molecule has 0 fully saturated rings. The fraction of sp³-hybridized carbons (Fsp3) is 0.500. The number of aryl methyl sites for hydroxylation is 1. The van der Waals surface area contributed by atoms with Crippen molar-refractivity contribution in [2.45, 2.75) is 38.9 Å². The zero-order valence-corrected chi connectivity index (χ0v) is 11.7. The van der Waals surface area contributed by atoms with Gasteiger partial charge in [0.05, 0.1) is 13.7 Å². The van der Waals surface area contributed by atoms with Crippen LogP contribution in [0.3, 0.4) is 0 Å². The second-order valence-corrected chi connectivity index (χ2v) is 4.92. The molecule has 106 valence electrons. The summed E-state index contributed by atoms with van der Waals surface area (Å²) in [7, 11) is 1.64. The van der Waals surface area contributed by atoms with Crippen molar-refractivity contribution in [2.75, 3.05) is 7.11 Å². The summed E-state index contributed by atoms with van der Waals surface area (Å²) in [5, 5.41) is 11.9. The Balaban J connectivity index is 1.61. The molecule has 20 heavy (non-hydrogen) atoms. The standard InChI is InChI=1S/C14H19N5O/c1-20-14-11(5-4-7-16-14)9-15-10-13-18-17-12-6-2-3-8-19(12)13/h4-5,7,15H,2-3,6,8-10H2,1H3. The van der Waals surface area contributed by atoms with Crippen LogP contribution in [0.4, 0.5) is 0 Å². The molecule has 1 N–H and O–H groups in total. The number of aromatic nitrogens is 4. The van der Waals surface area contributed by atoms with Gasteiger partial charge < -0.3 is 14.6 Å². The average molecular weight is 273 g/mol. The van der Waals surface area contributed by atoms with E-state index in [4.69, 9.17) is 4.74 Å². The first kappa shape index (κ1) is 13.1. The van der Waals surface area contributed by atoms with Crippen molar-refractivity contribution in [1.82, 2.24) is 25.1 Å². The van der Waals surface area contributed by atoms with E-state index >= 15 is 0 Å². The maximum atomic E-state index is 5.24. The van der Waals surface area contributed by atoms with E-state index in [1.165, 1.54) is 12.8 Å². The van der Waals surface area contributed by atoms with Crippen LogP contribution in [-0.4, -0.2) is 26.9 Å². The number of fused-ring (bicyclic) bond motifs is 1. The molecule has 3 heterocycles. The van der Waals surface area contributed by atoms with Gasteiger partial charge in [0.1, 0.15) is 11.6 Å². The number of nitrogens with one attached hydrogen (secondary N) is 1. The van der Waals surface area contributed by atoms with Gasteiger partial charge in [-0.05, 0) is 18.9 Å². The molecule has 2 aromatic heterocycles. The lowest BCUT2D eigenvalue weighted by molar-refractivity contribution is 0.390. The smallest absolute Gasteiger partial charge is 0.217 e. The fourth-order valence-electron chi connectivity index (χ4n) is 2.55. The predicted molar refractivity (Wildman–Crippen MR) is 74.3 cm³/mol. The summed E-state index contributed by atoms with van der Waals surface area (Å²) < 4.78 is 7.47. The lowest BCUT2D eigenvalue weighted by Gasteiger charge is -2.15. The topological polar surface area (TPSA) is 64.9 Å². The molecular formula is C14H19N5O. The highest BCUT2D eigenvalue weighted by Crippen LogP contribution is 2.15. The van der Waals surface area contributed by atoms with Gasteiger partial charge in [0.15, 0.2) is 0 Å². The van der Waals surface area contributed by atoms with Crippen molar-refractivity contribution < 1.29 is 4.74 Å². The lowest BCUT2D eigenvalue weighted by atomic mass is 10.2. The van der Waals surface area contributed by atoms with Crippen molar-refractivity contribution in [1.29, 1.82) is 0 Å². The van der Waals surface area contributed by atoms with Gasteiger partial charge in [-0.15, -0.1) is 10.2 Å². The number of pyridine rings is 1. The molecule has 0 radical (unpaired) electrons. The van der Waals surface area contributed by atoms with Crippen LogP contribution in [0, 0.1) is 0 Å². The molecule has 0 aliphatic carbocycles. The first-order valence-corrected chi connectivity index (χ1v) is 6.98. The SMILES string of the molecule is COc1ncccc1CNCc1nnc2n1CCCC2. The van der Waals surface area contributed by atoms with Crippen molar-refractivity contribution in [3.05, 3.63) is 35.5 Å². The van der Waals surface area contributed by atoms with Crippen LogP contribution in [0.1, 0.15) is 30.1 Å². The van der Waals surface area contributed by atoms with Crippen molar-refractivity contribution in [2.24, 2.45) is 0 Å². The zero-order valence-electron chi connectivity index (χ0n) is 11.7. The quantitative estimate of drug-likeness (QED) is 0.889. The molecule has 3 rings (SSSR count). The highest BCUT2D eigenvalue weighted by molar-refractivity contribution is 5.25. The summed E-state index contributed by atoms with van der Waals surface area (Å²) in [5.74, 6) is 2.80. The number of hydrogen-bond donors (Lipinski definition) is 1. The van der Waals surface area contributed by atoms with Crippen LogP contribution in [0.25, 0.3) is 0 Å². The third-order valence-electron chi connectivity index (χ3n) is 3.58. The molecule has 6 heteroatoms. The van der Waals surface area contributed by atoms with Crippen LogP contribution in [0.2, 0.25) is 0 Å². The summed E-state index contributed by atoms with van der Waals surface area (Å²) in [5.41, 5.74) is 1.05. The van der Waals surface area contributed by atoms with Gasteiger partial charge in [-0.1, -0.05) is 6.07 Å². The second kappa shape index (κ2) is 6.00. The molecule has 0 amide bonds. The van der Waals surface area contributed by atoms with Crippen LogP contribution in [0.15, 0.2) is 18.3 Å². The van der Waals surface area contributed by atoms with E-state index in [1.807, 2.05) is 12.1 Å². The summed E-state index contributed by atoms with van der Waals surface area (Å²) in [6.45, 7) is 2.46. The Bertz CT molecular complexity index is 581. The lowest BCUT2D eigenvalue weighted by Crippen LogP contribution is -2.19. The average Bonchev–Trinajstić information content (AvgIpc) is 2.91. The second-order valence-electron chi connectivity index (χ2n) is 4.92. The Morgan fingerprint density at radius 1 is 1.30 bits per heavy atom. The van der Waals surface area contributed by atoms with Crippen LogP contribution in [0.5, 0.6) is 5.88 Å². The summed E-state index contributed by atoms with van der Waals surface area (Å²) >= 11 is 0. The minimum atomic E-state index is 0.670. The largest absolute Gasteiger partial charge is 0.481 e.